The van der Waals surface area contributed by atoms with E-state index in [1.807, 2.05) is 24.3 Å². The smallest absolute Gasteiger partial charge is 0.0816 e. The lowest BCUT2D eigenvalue weighted by Crippen LogP contribution is -2.26. The Labute approximate surface area is 109 Å². The van der Waals surface area contributed by atoms with E-state index < -0.39 is 6.10 Å². The quantitative estimate of drug-likeness (QED) is 0.806. The van der Waals surface area contributed by atoms with E-state index in [4.69, 9.17) is 11.6 Å². The molecule has 0 heterocycles. The molecule has 1 N–H and O–H groups in total. The maximum absolute atomic E-state index is 10.1. The van der Waals surface area contributed by atoms with Gasteiger partial charge in [-0.05, 0) is 37.6 Å². The summed E-state index contributed by atoms with van der Waals surface area (Å²) in [7, 11) is 0. The molecule has 0 spiro atoms. The van der Waals surface area contributed by atoms with E-state index in [0.29, 0.717) is 5.02 Å². The van der Waals surface area contributed by atoms with Crippen molar-refractivity contribution in [2.45, 2.75) is 32.8 Å². The fourth-order valence-electron chi connectivity index (χ4n) is 1.95. The van der Waals surface area contributed by atoms with Gasteiger partial charge in [-0.25, -0.2) is 0 Å². The van der Waals surface area contributed by atoms with Crippen LogP contribution in [0.1, 0.15) is 38.4 Å². The van der Waals surface area contributed by atoms with Crippen molar-refractivity contribution < 1.29 is 5.11 Å². The lowest BCUT2D eigenvalue weighted by atomic mass is 10.1. The average Bonchev–Trinajstić information content (AvgIpc) is 2.34. The van der Waals surface area contributed by atoms with Gasteiger partial charge in [-0.3, -0.25) is 0 Å². The Bertz CT molecular complexity index is 330. The zero-order chi connectivity index (χ0) is 12.7. The van der Waals surface area contributed by atoms with Crippen molar-refractivity contribution >= 4 is 11.6 Å². The number of aliphatic hydroxyl groups excluding tert-OH is 1. The maximum atomic E-state index is 10.1. The van der Waals surface area contributed by atoms with Crippen LogP contribution < -0.4 is 0 Å². The molecule has 2 nitrogen and oxygen atoms in total. The molecule has 0 aliphatic rings. The molecule has 0 saturated carbocycles. The SMILES string of the molecule is CCCN(CC)CCC(O)c1ccccc1Cl. The number of rotatable bonds is 7. The van der Waals surface area contributed by atoms with Crippen molar-refractivity contribution in [2.75, 3.05) is 19.6 Å². The standard InChI is InChI=1S/C14H22ClNO/c1-3-10-16(4-2)11-9-14(17)12-7-5-6-8-13(12)15/h5-8,14,17H,3-4,9-11H2,1-2H3. The molecule has 0 amide bonds. The summed E-state index contributed by atoms with van der Waals surface area (Å²) < 4.78 is 0. The first kappa shape index (κ1) is 14.5. The van der Waals surface area contributed by atoms with Gasteiger partial charge in [0.05, 0.1) is 6.10 Å². The number of benzene rings is 1. The number of hydrogen-bond acceptors (Lipinski definition) is 2. The Morgan fingerprint density at radius 1 is 1.24 bits per heavy atom. The lowest BCUT2D eigenvalue weighted by Gasteiger charge is -2.21. The van der Waals surface area contributed by atoms with Crippen LogP contribution in [0.25, 0.3) is 0 Å². The van der Waals surface area contributed by atoms with Crippen LogP contribution in [0, 0.1) is 0 Å². The van der Waals surface area contributed by atoms with E-state index in [-0.39, 0.29) is 0 Å². The zero-order valence-corrected chi connectivity index (χ0v) is 11.5. The molecule has 0 aromatic heterocycles. The molecular weight excluding hydrogens is 234 g/mol. The Morgan fingerprint density at radius 2 is 1.94 bits per heavy atom. The summed E-state index contributed by atoms with van der Waals surface area (Å²) in [5, 5.41) is 10.8. The van der Waals surface area contributed by atoms with Crippen LogP contribution in [0.5, 0.6) is 0 Å². The second kappa shape index (κ2) is 7.70. The molecule has 3 heteroatoms. The van der Waals surface area contributed by atoms with Gasteiger partial charge in [0.25, 0.3) is 0 Å². The second-order valence-electron chi connectivity index (χ2n) is 4.26. The highest BCUT2D eigenvalue weighted by Gasteiger charge is 2.12. The van der Waals surface area contributed by atoms with Crippen LogP contribution in [0.15, 0.2) is 24.3 Å². The van der Waals surface area contributed by atoms with Crippen LogP contribution in [0.3, 0.4) is 0 Å². The normalized spacial score (nSPS) is 13.0. The van der Waals surface area contributed by atoms with Gasteiger partial charge in [-0.15, -0.1) is 0 Å². The predicted molar refractivity (Wildman–Crippen MR) is 73.4 cm³/mol. The van der Waals surface area contributed by atoms with Crippen molar-refractivity contribution in [3.05, 3.63) is 34.9 Å². The van der Waals surface area contributed by atoms with Gasteiger partial charge in [0.1, 0.15) is 0 Å². The molecule has 0 saturated heterocycles. The average molecular weight is 256 g/mol. The summed E-state index contributed by atoms with van der Waals surface area (Å²) in [6, 6.07) is 7.51. The van der Waals surface area contributed by atoms with Gasteiger partial charge in [0.15, 0.2) is 0 Å². The molecule has 96 valence electrons. The van der Waals surface area contributed by atoms with Crippen LogP contribution in [0.4, 0.5) is 0 Å². The highest BCUT2D eigenvalue weighted by molar-refractivity contribution is 6.31. The molecule has 1 atom stereocenters. The van der Waals surface area contributed by atoms with Crippen LogP contribution in [-0.2, 0) is 0 Å². The van der Waals surface area contributed by atoms with E-state index in [1.54, 1.807) is 0 Å². The highest BCUT2D eigenvalue weighted by Crippen LogP contribution is 2.24. The first-order valence-electron chi connectivity index (χ1n) is 6.33. The fourth-order valence-corrected chi connectivity index (χ4v) is 2.21. The highest BCUT2D eigenvalue weighted by atomic mass is 35.5. The maximum Gasteiger partial charge on any atom is 0.0816 e. The fraction of sp³-hybridized carbons (Fsp3) is 0.571. The number of aliphatic hydroxyl groups is 1. The molecule has 0 aliphatic heterocycles. The molecule has 0 fully saturated rings. The minimum atomic E-state index is -0.463. The first-order valence-corrected chi connectivity index (χ1v) is 6.71. The molecule has 17 heavy (non-hydrogen) atoms. The van der Waals surface area contributed by atoms with Crippen molar-refractivity contribution in [2.24, 2.45) is 0 Å². The van der Waals surface area contributed by atoms with E-state index in [2.05, 4.69) is 18.7 Å². The number of halogens is 1. The summed E-state index contributed by atoms with van der Waals surface area (Å²) in [6.45, 7) is 7.36. The summed E-state index contributed by atoms with van der Waals surface area (Å²) in [5.41, 5.74) is 0.835. The topological polar surface area (TPSA) is 23.5 Å². The zero-order valence-electron chi connectivity index (χ0n) is 10.7. The van der Waals surface area contributed by atoms with Crippen molar-refractivity contribution in [1.82, 2.24) is 4.90 Å². The van der Waals surface area contributed by atoms with Crippen molar-refractivity contribution in [1.29, 1.82) is 0 Å². The second-order valence-corrected chi connectivity index (χ2v) is 4.67. The van der Waals surface area contributed by atoms with Crippen molar-refractivity contribution in [3.63, 3.8) is 0 Å². The van der Waals surface area contributed by atoms with Crippen LogP contribution in [-0.4, -0.2) is 29.6 Å². The van der Waals surface area contributed by atoms with E-state index in [1.165, 1.54) is 0 Å². The summed E-state index contributed by atoms with van der Waals surface area (Å²) in [4.78, 5) is 2.35. The minimum absolute atomic E-state index is 0.463. The summed E-state index contributed by atoms with van der Waals surface area (Å²) >= 11 is 6.06. The first-order chi connectivity index (χ1) is 8.19. The molecule has 0 aliphatic carbocycles. The molecule has 0 radical (unpaired) electrons. The molecule has 1 aromatic carbocycles. The third-order valence-electron chi connectivity index (χ3n) is 2.97. The predicted octanol–water partition coefficient (Wildman–Crippen LogP) is 3.50. The summed E-state index contributed by atoms with van der Waals surface area (Å²) in [6.07, 6.45) is 1.42. The third kappa shape index (κ3) is 4.66. The molecule has 0 bridgehead atoms. The largest absolute Gasteiger partial charge is 0.388 e. The van der Waals surface area contributed by atoms with E-state index in [0.717, 1.165) is 38.0 Å². The van der Waals surface area contributed by atoms with E-state index >= 15 is 0 Å². The molecule has 1 rings (SSSR count). The Balaban J connectivity index is 2.49. The minimum Gasteiger partial charge on any atom is -0.388 e. The molecular formula is C14H22ClNO. The van der Waals surface area contributed by atoms with Gasteiger partial charge in [0, 0.05) is 11.6 Å². The Hall–Kier alpha value is -0.570. The third-order valence-corrected chi connectivity index (χ3v) is 3.31. The van der Waals surface area contributed by atoms with Crippen LogP contribution in [0.2, 0.25) is 5.02 Å². The van der Waals surface area contributed by atoms with Gasteiger partial charge in [0.2, 0.25) is 0 Å². The lowest BCUT2D eigenvalue weighted by molar-refractivity contribution is 0.143. The van der Waals surface area contributed by atoms with Gasteiger partial charge >= 0.3 is 0 Å². The van der Waals surface area contributed by atoms with Crippen molar-refractivity contribution in [3.8, 4) is 0 Å². The number of nitrogens with zero attached hydrogens (tertiary/aromatic N) is 1. The van der Waals surface area contributed by atoms with Gasteiger partial charge in [-0.2, -0.15) is 0 Å². The number of hydrogen-bond donors (Lipinski definition) is 1. The Morgan fingerprint density at radius 3 is 2.53 bits per heavy atom. The van der Waals surface area contributed by atoms with Crippen LogP contribution >= 0.6 is 11.6 Å². The molecule has 1 unspecified atom stereocenters. The summed E-state index contributed by atoms with van der Waals surface area (Å²) in [5.74, 6) is 0. The van der Waals surface area contributed by atoms with Gasteiger partial charge in [-0.1, -0.05) is 43.6 Å². The Kier molecular flexibility index (Phi) is 6.56. The van der Waals surface area contributed by atoms with Gasteiger partial charge < -0.3 is 10.0 Å². The van der Waals surface area contributed by atoms with E-state index in [9.17, 15) is 5.11 Å². The molecule has 1 aromatic rings. The monoisotopic (exact) mass is 255 g/mol.